The number of amides is 1. The van der Waals surface area contributed by atoms with E-state index in [1.165, 1.54) is 6.92 Å². The molecule has 0 radical (unpaired) electrons. The number of carbonyl (C=O) groups excluding carboxylic acids is 2. The molecular weight excluding hydrogens is 470 g/mol. The predicted octanol–water partition coefficient (Wildman–Crippen LogP) is 2.85. The van der Waals surface area contributed by atoms with Gasteiger partial charge in [-0.25, -0.2) is 9.97 Å². The van der Waals surface area contributed by atoms with Crippen LogP contribution >= 0.6 is 0 Å². The maximum absolute atomic E-state index is 13.4. The number of rotatable bonds is 5. The number of fused-ring (bicyclic) bond motifs is 2. The summed E-state index contributed by atoms with van der Waals surface area (Å²) < 4.78 is 1.69. The van der Waals surface area contributed by atoms with Crippen LogP contribution in [-0.4, -0.2) is 62.3 Å². The Labute approximate surface area is 214 Å². The predicted molar refractivity (Wildman–Crippen MR) is 139 cm³/mol. The fourth-order valence-corrected chi connectivity index (χ4v) is 6.22. The van der Waals surface area contributed by atoms with Crippen molar-refractivity contribution in [3.63, 3.8) is 0 Å². The summed E-state index contributed by atoms with van der Waals surface area (Å²) in [5, 5.41) is 7.20. The summed E-state index contributed by atoms with van der Waals surface area (Å²) in [6, 6.07) is 3.52. The van der Waals surface area contributed by atoms with Gasteiger partial charge in [0.25, 0.3) is 11.5 Å². The monoisotopic (exact) mass is 501 g/mol. The molecule has 37 heavy (non-hydrogen) atoms. The molecule has 2 unspecified atom stereocenters. The number of hydrogen-bond acceptors (Lipinski definition) is 8. The topological polar surface area (TPSA) is 122 Å². The molecule has 0 spiro atoms. The third-order valence-electron chi connectivity index (χ3n) is 8.18. The molecule has 3 fully saturated rings. The molecule has 1 amide bonds. The van der Waals surface area contributed by atoms with Crippen LogP contribution in [0.25, 0.3) is 11.0 Å². The first-order chi connectivity index (χ1) is 17.9. The summed E-state index contributed by atoms with van der Waals surface area (Å²) in [7, 11) is 0. The van der Waals surface area contributed by atoms with Crippen LogP contribution in [0, 0.1) is 18.8 Å². The van der Waals surface area contributed by atoms with Crippen LogP contribution < -0.4 is 16.2 Å². The van der Waals surface area contributed by atoms with Crippen molar-refractivity contribution in [3.8, 4) is 0 Å². The first kappa shape index (κ1) is 23.7. The zero-order valence-electron chi connectivity index (χ0n) is 21.2. The maximum atomic E-state index is 13.4. The summed E-state index contributed by atoms with van der Waals surface area (Å²) in [4.78, 5) is 54.1. The van der Waals surface area contributed by atoms with Crippen LogP contribution in [0.5, 0.6) is 0 Å². The van der Waals surface area contributed by atoms with E-state index in [0.29, 0.717) is 45.8 Å². The van der Waals surface area contributed by atoms with E-state index in [2.05, 4.69) is 20.6 Å². The minimum Gasteiger partial charge on any atom is -0.338 e. The van der Waals surface area contributed by atoms with Crippen molar-refractivity contribution in [2.45, 2.75) is 45.6 Å². The van der Waals surface area contributed by atoms with Gasteiger partial charge in [0.1, 0.15) is 11.5 Å². The number of pyridine rings is 2. The minimum atomic E-state index is -0.281. The van der Waals surface area contributed by atoms with E-state index in [1.54, 1.807) is 36.0 Å². The molecule has 0 bridgehead atoms. The molecule has 2 saturated heterocycles. The summed E-state index contributed by atoms with van der Waals surface area (Å²) in [5.74, 6) is 1.66. The third kappa shape index (κ3) is 4.19. The van der Waals surface area contributed by atoms with Gasteiger partial charge in [-0.1, -0.05) is 12.8 Å². The Morgan fingerprint density at radius 3 is 2.43 bits per heavy atom. The van der Waals surface area contributed by atoms with E-state index in [0.717, 1.165) is 51.9 Å². The van der Waals surface area contributed by atoms with Crippen LogP contribution in [0.3, 0.4) is 0 Å². The van der Waals surface area contributed by atoms with Crippen LogP contribution in [0.15, 0.2) is 29.3 Å². The number of ketones is 1. The van der Waals surface area contributed by atoms with E-state index in [1.807, 2.05) is 4.90 Å². The lowest BCUT2D eigenvalue weighted by Gasteiger charge is -2.19. The second kappa shape index (κ2) is 9.33. The third-order valence-corrected chi connectivity index (χ3v) is 8.18. The lowest BCUT2D eigenvalue weighted by Crippen LogP contribution is -2.31. The van der Waals surface area contributed by atoms with Gasteiger partial charge in [0.05, 0.1) is 11.1 Å². The lowest BCUT2D eigenvalue weighted by atomic mass is 10.0. The van der Waals surface area contributed by atoms with Crippen molar-refractivity contribution in [1.29, 1.82) is 0 Å². The molecule has 10 heteroatoms. The highest BCUT2D eigenvalue weighted by atomic mass is 16.2. The molecule has 1 aliphatic carbocycles. The summed E-state index contributed by atoms with van der Waals surface area (Å²) in [6.45, 7) is 6.73. The first-order valence-electron chi connectivity index (χ1n) is 13.1. The van der Waals surface area contributed by atoms with Gasteiger partial charge >= 0.3 is 0 Å². The molecule has 192 valence electrons. The van der Waals surface area contributed by atoms with Crippen LogP contribution in [0.1, 0.15) is 64.9 Å². The maximum Gasteiger partial charge on any atom is 0.263 e. The molecule has 0 aromatic carbocycles. The zero-order chi connectivity index (χ0) is 25.7. The second-order valence-corrected chi connectivity index (χ2v) is 10.5. The normalized spacial score (nSPS) is 21.5. The highest BCUT2D eigenvalue weighted by Gasteiger charge is 2.38. The van der Waals surface area contributed by atoms with Gasteiger partial charge in [0.15, 0.2) is 5.78 Å². The quantitative estimate of drug-likeness (QED) is 0.512. The van der Waals surface area contributed by atoms with Gasteiger partial charge < -0.3 is 15.5 Å². The van der Waals surface area contributed by atoms with E-state index < -0.39 is 0 Å². The number of likely N-dealkylation sites (tertiary alicyclic amines) is 1. The van der Waals surface area contributed by atoms with Gasteiger partial charge in [-0.15, -0.1) is 0 Å². The van der Waals surface area contributed by atoms with Gasteiger partial charge in [-0.05, 0) is 56.2 Å². The number of anilines is 2. The molecule has 10 nitrogen and oxygen atoms in total. The average molecular weight is 502 g/mol. The van der Waals surface area contributed by atoms with Gasteiger partial charge in [0, 0.05) is 50.0 Å². The van der Waals surface area contributed by atoms with Crippen molar-refractivity contribution in [2.75, 3.05) is 31.5 Å². The molecular formula is C27H31N7O3. The SMILES string of the molecule is CC(=O)c1c(C)c2cnc(Nc3ccc(C(=O)N4CC5CNCC5C4)cn3)nc2n(C2CCCC2)c1=O. The van der Waals surface area contributed by atoms with Crippen molar-refractivity contribution in [3.05, 3.63) is 51.6 Å². The van der Waals surface area contributed by atoms with E-state index in [9.17, 15) is 14.4 Å². The average Bonchev–Trinajstić information content (AvgIpc) is 3.63. The van der Waals surface area contributed by atoms with Gasteiger partial charge in [0.2, 0.25) is 5.95 Å². The molecule has 2 aliphatic heterocycles. The lowest BCUT2D eigenvalue weighted by molar-refractivity contribution is 0.0781. The van der Waals surface area contributed by atoms with E-state index >= 15 is 0 Å². The summed E-state index contributed by atoms with van der Waals surface area (Å²) in [5.41, 5.74) is 1.62. The highest BCUT2D eigenvalue weighted by molar-refractivity contribution is 5.99. The molecule has 3 aliphatic rings. The standard InChI is InChI=1S/C27H31N7O3/c1-15-21-12-30-27(32-24(21)34(20-5-3-4-6-20)26(37)23(15)16(2)35)31-22-8-7-17(11-29-22)25(36)33-13-18-9-28-10-19(18)14-33/h7-8,11-12,18-20,28H,3-6,9-10,13-14H2,1-2H3,(H,29,30,31,32). The van der Waals surface area contributed by atoms with Gasteiger partial charge in [-0.2, -0.15) is 4.98 Å². The Kier molecular flexibility index (Phi) is 5.98. The number of carbonyl (C=O) groups is 2. The molecule has 2 N–H and O–H groups in total. The highest BCUT2D eigenvalue weighted by Crippen LogP contribution is 2.32. The smallest absolute Gasteiger partial charge is 0.263 e. The number of aryl methyl sites for hydroxylation is 1. The van der Waals surface area contributed by atoms with Crippen molar-refractivity contribution >= 4 is 34.5 Å². The largest absolute Gasteiger partial charge is 0.338 e. The Bertz CT molecular complexity index is 1430. The zero-order valence-corrected chi connectivity index (χ0v) is 21.2. The Morgan fingerprint density at radius 1 is 1.05 bits per heavy atom. The molecule has 6 rings (SSSR count). The summed E-state index contributed by atoms with van der Waals surface area (Å²) >= 11 is 0. The first-order valence-corrected chi connectivity index (χ1v) is 13.1. The van der Waals surface area contributed by atoms with Crippen LogP contribution in [0.4, 0.5) is 11.8 Å². The Hall–Kier alpha value is -3.66. The van der Waals surface area contributed by atoms with E-state index in [4.69, 9.17) is 4.98 Å². The Balaban J connectivity index is 1.28. The van der Waals surface area contributed by atoms with Crippen molar-refractivity contribution in [2.24, 2.45) is 11.8 Å². The number of nitrogens with one attached hydrogen (secondary N) is 2. The van der Waals surface area contributed by atoms with Crippen LogP contribution in [-0.2, 0) is 0 Å². The van der Waals surface area contributed by atoms with Crippen LogP contribution in [0.2, 0.25) is 0 Å². The number of hydrogen-bond donors (Lipinski definition) is 2. The van der Waals surface area contributed by atoms with E-state index in [-0.39, 0.29) is 28.9 Å². The molecule has 3 aromatic rings. The number of nitrogens with zero attached hydrogens (tertiary/aromatic N) is 5. The molecule has 1 saturated carbocycles. The summed E-state index contributed by atoms with van der Waals surface area (Å²) in [6.07, 6.45) is 7.10. The number of Topliss-reactive ketones (excluding diaryl/α,β-unsaturated/α-hetero) is 1. The fourth-order valence-electron chi connectivity index (χ4n) is 6.22. The number of aromatic nitrogens is 4. The minimum absolute atomic E-state index is 0.00716. The molecule has 2 atom stereocenters. The second-order valence-electron chi connectivity index (χ2n) is 10.5. The van der Waals surface area contributed by atoms with Crippen molar-refractivity contribution < 1.29 is 9.59 Å². The molecule has 3 aromatic heterocycles. The van der Waals surface area contributed by atoms with Gasteiger partial charge in [-0.3, -0.25) is 19.0 Å². The fraction of sp³-hybridized carbons (Fsp3) is 0.481. The molecule has 5 heterocycles. The van der Waals surface area contributed by atoms with Crippen molar-refractivity contribution in [1.82, 2.24) is 29.7 Å². The Morgan fingerprint density at radius 2 is 1.78 bits per heavy atom.